The molecule has 2 rings (SSSR count). The standard InChI is InChI=1S/C15H18N2O4S/c1-9-8-14(11(3)21-9)15(18)17-10(2)12-4-6-13(7-5-12)22(16,19)20/h4-8,10H,1-3H3,(H,17,18)(H2,16,19,20). The fraction of sp³-hybridized carbons (Fsp3) is 0.267. The SMILES string of the molecule is Cc1cc(C(=O)NC(C)c2ccc(S(N)(=O)=O)cc2)c(C)o1. The number of hydrogen-bond acceptors (Lipinski definition) is 4. The second-order valence-electron chi connectivity index (χ2n) is 5.14. The van der Waals surface area contributed by atoms with Crippen LogP contribution in [0.15, 0.2) is 39.6 Å². The first-order chi connectivity index (χ1) is 10.2. The topological polar surface area (TPSA) is 102 Å². The van der Waals surface area contributed by atoms with Crippen molar-refractivity contribution in [1.29, 1.82) is 0 Å². The first kappa shape index (κ1) is 16.3. The molecule has 6 nitrogen and oxygen atoms in total. The number of benzene rings is 1. The van der Waals surface area contributed by atoms with Crippen molar-refractivity contribution in [2.24, 2.45) is 5.14 Å². The third-order valence-electron chi connectivity index (χ3n) is 3.34. The van der Waals surface area contributed by atoms with Crippen LogP contribution < -0.4 is 10.5 Å². The maximum Gasteiger partial charge on any atom is 0.255 e. The zero-order chi connectivity index (χ0) is 16.5. The number of hydrogen-bond donors (Lipinski definition) is 2. The van der Waals surface area contributed by atoms with Crippen molar-refractivity contribution >= 4 is 15.9 Å². The highest BCUT2D eigenvalue weighted by atomic mass is 32.2. The maximum absolute atomic E-state index is 12.2. The van der Waals surface area contributed by atoms with Gasteiger partial charge in [0, 0.05) is 0 Å². The van der Waals surface area contributed by atoms with Gasteiger partial charge in [-0.25, -0.2) is 13.6 Å². The van der Waals surface area contributed by atoms with E-state index in [1.54, 1.807) is 32.0 Å². The van der Waals surface area contributed by atoms with E-state index in [1.807, 2.05) is 6.92 Å². The highest BCUT2D eigenvalue weighted by Gasteiger charge is 2.17. The van der Waals surface area contributed by atoms with Crippen LogP contribution in [0.1, 0.15) is 40.4 Å². The molecule has 3 N–H and O–H groups in total. The molecule has 0 saturated heterocycles. The van der Waals surface area contributed by atoms with Crippen LogP contribution in [-0.2, 0) is 10.0 Å². The quantitative estimate of drug-likeness (QED) is 0.899. The molecule has 0 aliphatic heterocycles. The fourth-order valence-corrected chi connectivity index (χ4v) is 2.68. The Hall–Kier alpha value is -2.12. The van der Waals surface area contributed by atoms with E-state index in [-0.39, 0.29) is 16.8 Å². The van der Waals surface area contributed by atoms with Crippen molar-refractivity contribution in [3.63, 3.8) is 0 Å². The number of furan rings is 1. The van der Waals surface area contributed by atoms with Crippen LogP contribution in [0.5, 0.6) is 0 Å². The number of nitrogens with two attached hydrogens (primary N) is 1. The lowest BCUT2D eigenvalue weighted by Gasteiger charge is -2.14. The van der Waals surface area contributed by atoms with Gasteiger partial charge in [0.15, 0.2) is 0 Å². The lowest BCUT2D eigenvalue weighted by molar-refractivity contribution is 0.0938. The van der Waals surface area contributed by atoms with E-state index in [4.69, 9.17) is 9.56 Å². The molecular weight excluding hydrogens is 304 g/mol. The van der Waals surface area contributed by atoms with Crippen molar-refractivity contribution in [1.82, 2.24) is 5.32 Å². The average molecular weight is 322 g/mol. The molecule has 22 heavy (non-hydrogen) atoms. The molecule has 0 spiro atoms. The summed E-state index contributed by atoms with van der Waals surface area (Å²) in [5.74, 6) is 0.997. The second-order valence-corrected chi connectivity index (χ2v) is 6.70. The van der Waals surface area contributed by atoms with Gasteiger partial charge in [0.25, 0.3) is 5.91 Å². The molecule has 0 aliphatic carbocycles. The van der Waals surface area contributed by atoms with Crippen molar-refractivity contribution in [3.05, 3.63) is 53.0 Å². The van der Waals surface area contributed by atoms with E-state index in [2.05, 4.69) is 5.32 Å². The summed E-state index contributed by atoms with van der Waals surface area (Å²) >= 11 is 0. The van der Waals surface area contributed by atoms with Crippen molar-refractivity contribution in [2.75, 3.05) is 0 Å². The summed E-state index contributed by atoms with van der Waals surface area (Å²) in [6.07, 6.45) is 0. The van der Waals surface area contributed by atoms with Gasteiger partial charge in [-0.2, -0.15) is 0 Å². The van der Waals surface area contributed by atoms with E-state index < -0.39 is 10.0 Å². The van der Waals surface area contributed by atoms with E-state index in [0.29, 0.717) is 17.1 Å². The minimum absolute atomic E-state index is 0.0380. The molecule has 1 unspecified atom stereocenters. The second kappa shape index (κ2) is 5.94. The predicted octanol–water partition coefficient (Wildman–Crippen LogP) is 2.03. The molecule has 1 amide bonds. The Morgan fingerprint density at radius 3 is 2.27 bits per heavy atom. The summed E-state index contributed by atoms with van der Waals surface area (Å²) in [7, 11) is -3.71. The number of rotatable bonds is 4. The third-order valence-corrected chi connectivity index (χ3v) is 4.27. The summed E-state index contributed by atoms with van der Waals surface area (Å²) in [5.41, 5.74) is 1.27. The van der Waals surface area contributed by atoms with Crippen molar-refractivity contribution in [3.8, 4) is 0 Å². The molecule has 1 heterocycles. The van der Waals surface area contributed by atoms with Gasteiger partial charge in [0.2, 0.25) is 10.0 Å². The van der Waals surface area contributed by atoms with Gasteiger partial charge in [0.1, 0.15) is 11.5 Å². The Morgan fingerprint density at radius 2 is 1.82 bits per heavy atom. The molecule has 0 saturated carbocycles. The molecule has 0 fully saturated rings. The number of aryl methyl sites for hydroxylation is 2. The molecule has 1 aromatic carbocycles. The Kier molecular flexibility index (Phi) is 4.39. The van der Waals surface area contributed by atoms with Crippen molar-refractivity contribution in [2.45, 2.75) is 31.7 Å². The summed E-state index contributed by atoms with van der Waals surface area (Å²) < 4.78 is 27.8. The molecule has 2 aromatic rings. The number of amides is 1. The largest absolute Gasteiger partial charge is 0.466 e. The van der Waals surface area contributed by atoms with E-state index >= 15 is 0 Å². The van der Waals surface area contributed by atoms with Crippen LogP contribution in [0.2, 0.25) is 0 Å². The van der Waals surface area contributed by atoms with Crippen LogP contribution >= 0.6 is 0 Å². The molecule has 1 atom stereocenters. The first-order valence-electron chi connectivity index (χ1n) is 6.69. The molecule has 118 valence electrons. The summed E-state index contributed by atoms with van der Waals surface area (Å²) in [4.78, 5) is 12.2. The Labute approximate surface area is 129 Å². The monoisotopic (exact) mass is 322 g/mol. The van der Waals surface area contributed by atoms with E-state index in [0.717, 1.165) is 5.56 Å². The van der Waals surface area contributed by atoms with Crippen LogP contribution in [0.25, 0.3) is 0 Å². The smallest absolute Gasteiger partial charge is 0.255 e. The highest BCUT2D eigenvalue weighted by Crippen LogP contribution is 2.18. The summed E-state index contributed by atoms with van der Waals surface area (Å²) in [6.45, 7) is 5.32. The molecule has 1 aromatic heterocycles. The third kappa shape index (κ3) is 3.55. The lowest BCUT2D eigenvalue weighted by Crippen LogP contribution is -2.26. The predicted molar refractivity (Wildman–Crippen MR) is 81.9 cm³/mol. The highest BCUT2D eigenvalue weighted by molar-refractivity contribution is 7.89. The minimum Gasteiger partial charge on any atom is -0.466 e. The van der Waals surface area contributed by atoms with E-state index in [9.17, 15) is 13.2 Å². The normalized spacial score (nSPS) is 12.9. The van der Waals surface area contributed by atoms with Gasteiger partial charge >= 0.3 is 0 Å². The Morgan fingerprint density at radius 1 is 1.23 bits per heavy atom. The molecule has 0 radical (unpaired) electrons. The average Bonchev–Trinajstić information content (AvgIpc) is 2.77. The zero-order valence-corrected chi connectivity index (χ0v) is 13.4. The fourth-order valence-electron chi connectivity index (χ4n) is 2.16. The number of carbonyl (C=O) groups excluding carboxylic acids is 1. The zero-order valence-electron chi connectivity index (χ0n) is 12.6. The summed E-state index contributed by atoms with van der Waals surface area (Å²) in [5, 5.41) is 7.90. The number of nitrogens with one attached hydrogen (secondary N) is 1. The molecule has 7 heteroatoms. The number of primary sulfonamides is 1. The molecule has 0 bridgehead atoms. The lowest BCUT2D eigenvalue weighted by atomic mass is 10.1. The molecular formula is C15H18N2O4S. The molecule has 0 aliphatic rings. The number of carbonyl (C=O) groups is 1. The van der Waals surface area contributed by atoms with Crippen LogP contribution in [0.4, 0.5) is 0 Å². The van der Waals surface area contributed by atoms with Gasteiger partial charge in [-0.1, -0.05) is 12.1 Å². The van der Waals surface area contributed by atoms with Crippen LogP contribution in [0.3, 0.4) is 0 Å². The minimum atomic E-state index is -3.71. The summed E-state index contributed by atoms with van der Waals surface area (Å²) in [6, 6.07) is 7.48. The first-order valence-corrected chi connectivity index (χ1v) is 8.24. The van der Waals surface area contributed by atoms with Gasteiger partial charge in [-0.3, -0.25) is 4.79 Å². The van der Waals surface area contributed by atoms with Crippen LogP contribution in [-0.4, -0.2) is 14.3 Å². The van der Waals surface area contributed by atoms with Gasteiger partial charge in [0.05, 0.1) is 16.5 Å². The maximum atomic E-state index is 12.2. The Bertz CT molecular complexity index is 791. The van der Waals surface area contributed by atoms with Gasteiger partial charge in [-0.05, 0) is 44.5 Å². The van der Waals surface area contributed by atoms with Crippen molar-refractivity contribution < 1.29 is 17.6 Å². The van der Waals surface area contributed by atoms with Gasteiger partial charge in [-0.15, -0.1) is 0 Å². The Balaban J connectivity index is 2.14. The number of sulfonamides is 1. The van der Waals surface area contributed by atoms with E-state index in [1.165, 1.54) is 12.1 Å². The van der Waals surface area contributed by atoms with Gasteiger partial charge < -0.3 is 9.73 Å². The van der Waals surface area contributed by atoms with Crippen LogP contribution in [0, 0.1) is 13.8 Å².